The summed E-state index contributed by atoms with van der Waals surface area (Å²) in [6.07, 6.45) is 3.54. The van der Waals surface area contributed by atoms with Crippen molar-refractivity contribution in [3.63, 3.8) is 0 Å². The van der Waals surface area contributed by atoms with Gasteiger partial charge in [-0.15, -0.1) is 0 Å². The molecule has 2 aromatic rings. The first-order valence-electron chi connectivity index (χ1n) is 6.14. The molecule has 0 saturated carbocycles. The Hall–Kier alpha value is -1.05. The number of ether oxygens (including phenoxy) is 1. The van der Waals surface area contributed by atoms with E-state index in [0.717, 1.165) is 5.82 Å². The zero-order chi connectivity index (χ0) is 15.6. The highest BCUT2D eigenvalue weighted by molar-refractivity contribution is 9.10. The molecule has 0 atom stereocenters. The lowest BCUT2D eigenvalue weighted by Gasteiger charge is -2.14. The van der Waals surface area contributed by atoms with Crippen LogP contribution < -0.4 is 4.74 Å². The zero-order valence-electron chi connectivity index (χ0n) is 11.5. The Kier molecular flexibility index (Phi) is 4.95. The van der Waals surface area contributed by atoms with Crippen molar-refractivity contribution in [2.75, 3.05) is 6.61 Å². The molecule has 5 nitrogen and oxygen atoms in total. The minimum Gasteiger partial charge on any atom is -0.490 e. The number of imidazole rings is 1. The molecule has 0 fully saturated rings. The smallest absolute Gasteiger partial charge is 0.265 e. The van der Waals surface area contributed by atoms with Gasteiger partial charge in [0, 0.05) is 27.5 Å². The van der Waals surface area contributed by atoms with Gasteiger partial charge in [0.1, 0.15) is 23.1 Å². The summed E-state index contributed by atoms with van der Waals surface area (Å²) < 4.78 is 31.5. The second kappa shape index (κ2) is 6.37. The number of rotatable bonds is 5. The molecule has 0 bridgehead atoms. The van der Waals surface area contributed by atoms with Crippen molar-refractivity contribution in [2.45, 2.75) is 25.3 Å². The van der Waals surface area contributed by atoms with Gasteiger partial charge in [-0.25, -0.2) is 13.4 Å². The van der Waals surface area contributed by atoms with E-state index in [1.165, 1.54) is 6.07 Å². The second-order valence-corrected chi connectivity index (χ2v) is 7.95. The van der Waals surface area contributed by atoms with Crippen LogP contribution in [-0.2, 0) is 15.6 Å². The number of benzene rings is 1. The number of aromatic nitrogens is 2. The van der Waals surface area contributed by atoms with Crippen molar-refractivity contribution in [1.82, 2.24) is 9.55 Å². The molecule has 0 radical (unpaired) electrons. The van der Waals surface area contributed by atoms with Crippen LogP contribution in [0.1, 0.15) is 11.4 Å². The fraction of sp³-hybridized carbons (Fsp3) is 0.308. The molecule has 0 aliphatic rings. The van der Waals surface area contributed by atoms with Gasteiger partial charge in [-0.05, 0) is 31.5 Å². The van der Waals surface area contributed by atoms with Gasteiger partial charge in [-0.2, -0.15) is 0 Å². The Balaban J connectivity index is 2.22. The van der Waals surface area contributed by atoms with Crippen molar-refractivity contribution >= 4 is 35.7 Å². The molecule has 0 aliphatic heterocycles. The van der Waals surface area contributed by atoms with Crippen molar-refractivity contribution in [3.8, 4) is 5.75 Å². The molecule has 0 N–H and O–H groups in total. The van der Waals surface area contributed by atoms with Gasteiger partial charge in [-0.1, -0.05) is 15.9 Å². The van der Waals surface area contributed by atoms with E-state index in [9.17, 15) is 8.42 Å². The van der Waals surface area contributed by atoms with Crippen molar-refractivity contribution in [1.29, 1.82) is 0 Å². The molecule has 0 aliphatic carbocycles. The summed E-state index contributed by atoms with van der Waals surface area (Å²) in [5.41, 5.74) is 0.700. The van der Waals surface area contributed by atoms with E-state index in [1.807, 2.05) is 17.7 Å². The van der Waals surface area contributed by atoms with Crippen LogP contribution >= 0.6 is 26.6 Å². The fourth-order valence-corrected chi connectivity index (χ4v) is 3.73. The zero-order valence-corrected chi connectivity index (χ0v) is 14.7. The summed E-state index contributed by atoms with van der Waals surface area (Å²) in [5.74, 6) is 1.15. The molecular weight excluding hydrogens is 380 g/mol. The van der Waals surface area contributed by atoms with Gasteiger partial charge >= 0.3 is 0 Å². The van der Waals surface area contributed by atoms with Crippen LogP contribution in [0.4, 0.5) is 0 Å². The molecule has 0 unspecified atom stereocenters. The van der Waals surface area contributed by atoms with E-state index in [0.29, 0.717) is 23.2 Å². The molecule has 0 saturated heterocycles. The molecule has 0 amide bonds. The summed E-state index contributed by atoms with van der Waals surface area (Å²) in [5, 5.41) is 0. The summed E-state index contributed by atoms with van der Waals surface area (Å²) >= 11 is 3.26. The minimum absolute atomic E-state index is 0.0293. The lowest BCUT2D eigenvalue weighted by atomic mass is 10.2. The lowest BCUT2D eigenvalue weighted by molar-refractivity contribution is 0.288. The summed E-state index contributed by atoms with van der Waals surface area (Å²) in [4.78, 5) is 4.08. The Morgan fingerprint density at radius 1 is 1.38 bits per heavy atom. The van der Waals surface area contributed by atoms with E-state index >= 15 is 0 Å². The number of halogens is 2. The topological polar surface area (TPSA) is 61.2 Å². The van der Waals surface area contributed by atoms with Gasteiger partial charge in [0.25, 0.3) is 9.05 Å². The van der Waals surface area contributed by atoms with E-state index in [-0.39, 0.29) is 10.6 Å². The van der Waals surface area contributed by atoms with Gasteiger partial charge in [-0.3, -0.25) is 0 Å². The maximum absolute atomic E-state index is 11.7. The molecule has 1 heterocycles. The molecule has 1 aromatic carbocycles. The summed E-state index contributed by atoms with van der Waals surface area (Å²) in [7, 11) is 1.59. The Labute approximate surface area is 136 Å². The summed E-state index contributed by atoms with van der Waals surface area (Å²) in [6, 6.07) is 3.22. The minimum atomic E-state index is -3.87. The third-order valence-electron chi connectivity index (χ3n) is 2.97. The van der Waals surface area contributed by atoms with Crippen molar-refractivity contribution < 1.29 is 13.2 Å². The number of hydrogen-bond acceptors (Lipinski definition) is 4. The van der Waals surface area contributed by atoms with E-state index in [1.54, 1.807) is 19.2 Å². The highest BCUT2D eigenvalue weighted by Crippen LogP contribution is 2.33. The van der Waals surface area contributed by atoms with E-state index in [2.05, 4.69) is 20.9 Å². The highest BCUT2D eigenvalue weighted by Gasteiger charge is 2.20. The van der Waals surface area contributed by atoms with E-state index in [4.69, 9.17) is 15.4 Å². The maximum Gasteiger partial charge on any atom is 0.265 e. The molecule has 21 heavy (non-hydrogen) atoms. The second-order valence-electron chi connectivity index (χ2n) is 4.50. The van der Waals surface area contributed by atoms with Crippen LogP contribution in [0.2, 0.25) is 0 Å². The molecular formula is C13H14BrClN2O3S. The first kappa shape index (κ1) is 16.3. The van der Waals surface area contributed by atoms with Gasteiger partial charge in [0.05, 0.1) is 6.54 Å². The van der Waals surface area contributed by atoms with E-state index < -0.39 is 9.05 Å². The Bertz CT molecular complexity index is 759. The Morgan fingerprint density at radius 3 is 2.67 bits per heavy atom. The molecule has 114 valence electrons. The number of nitrogens with zero attached hydrogens (tertiary/aromatic N) is 2. The fourth-order valence-electron chi connectivity index (χ4n) is 1.95. The predicted molar refractivity (Wildman–Crippen MR) is 84.4 cm³/mol. The first-order valence-corrected chi connectivity index (χ1v) is 9.24. The lowest BCUT2D eigenvalue weighted by Crippen LogP contribution is -2.11. The van der Waals surface area contributed by atoms with Gasteiger partial charge < -0.3 is 9.30 Å². The van der Waals surface area contributed by atoms with Gasteiger partial charge in [0.15, 0.2) is 0 Å². The average Bonchev–Trinajstić information content (AvgIpc) is 2.76. The normalized spacial score (nSPS) is 11.6. The first-order chi connectivity index (χ1) is 9.79. The highest BCUT2D eigenvalue weighted by atomic mass is 79.9. The quantitative estimate of drug-likeness (QED) is 0.732. The maximum atomic E-state index is 11.7. The van der Waals surface area contributed by atoms with Crippen LogP contribution in [0.15, 0.2) is 33.9 Å². The molecule has 1 aromatic heterocycles. The largest absolute Gasteiger partial charge is 0.490 e. The van der Waals surface area contributed by atoms with Crippen LogP contribution in [0.25, 0.3) is 0 Å². The molecule has 2 rings (SSSR count). The van der Waals surface area contributed by atoms with Crippen molar-refractivity contribution in [2.24, 2.45) is 0 Å². The van der Waals surface area contributed by atoms with Crippen LogP contribution in [0.5, 0.6) is 5.75 Å². The van der Waals surface area contributed by atoms with Crippen LogP contribution in [0, 0.1) is 13.8 Å². The summed E-state index contributed by atoms with van der Waals surface area (Å²) in [6.45, 7) is 4.55. The van der Waals surface area contributed by atoms with Crippen LogP contribution in [-0.4, -0.2) is 24.6 Å². The monoisotopic (exact) mass is 392 g/mol. The Morgan fingerprint density at radius 2 is 2.10 bits per heavy atom. The average molecular weight is 394 g/mol. The standard InChI is InChI=1S/C13H14BrClN2O3S/c1-9-7-11(14)8-12(21(15,18)19)13(9)20-6-5-17-4-3-16-10(17)2/h3-4,7-8H,5-6H2,1-2H3. The third kappa shape index (κ3) is 3.99. The molecule has 8 heteroatoms. The van der Waals surface area contributed by atoms with Crippen molar-refractivity contribution in [3.05, 3.63) is 40.4 Å². The number of hydrogen-bond donors (Lipinski definition) is 0. The van der Waals surface area contributed by atoms with Gasteiger partial charge in [0.2, 0.25) is 0 Å². The number of aryl methyl sites for hydroxylation is 2. The third-order valence-corrected chi connectivity index (χ3v) is 4.76. The molecule has 0 spiro atoms. The van der Waals surface area contributed by atoms with Crippen LogP contribution in [0.3, 0.4) is 0 Å². The SMILES string of the molecule is Cc1cc(Br)cc(S(=O)(=O)Cl)c1OCCn1ccnc1C. The predicted octanol–water partition coefficient (Wildman–Crippen LogP) is 3.27.